The van der Waals surface area contributed by atoms with E-state index < -0.39 is 74.2 Å². The first-order valence-electron chi connectivity index (χ1n) is 14.9. The molecule has 1 amide bonds. The Labute approximate surface area is 263 Å². The van der Waals surface area contributed by atoms with Gasteiger partial charge >= 0.3 is 0 Å². The van der Waals surface area contributed by atoms with Crippen LogP contribution in [-0.2, 0) is 37.9 Å². The van der Waals surface area contributed by atoms with Crippen molar-refractivity contribution < 1.29 is 63.1 Å². The molecule has 0 spiro atoms. The molecule has 4 heterocycles. The third-order valence-corrected chi connectivity index (χ3v) is 7.81. The van der Waals surface area contributed by atoms with Crippen molar-refractivity contribution >= 4 is 11.8 Å². The lowest BCUT2D eigenvalue weighted by Gasteiger charge is -2.48. The molecule has 4 aliphatic rings. The summed E-state index contributed by atoms with van der Waals surface area (Å²) in [6.07, 6.45) is -11.4. The lowest BCUT2D eigenvalue weighted by atomic mass is 9.95. The van der Waals surface area contributed by atoms with Crippen molar-refractivity contribution in [2.75, 3.05) is 52.7 Å². The highest BCUT2D eigenvalue weighted by Crippen LogP contribution is 2.37. The molecular formula is C28H39N5O13. The van der Waals surface area contributed by atoms with Crippen LogP contribution in [0.4, 0.5) is 0 Å². The van der Waals surface area contributed by atoms with Crippen molar-refractivity contribution in [3.8, 4) is 0 Å². The molecule has 0 bridgehead atoms. The van der Waals surface area contributed by atoms with E-state index in [2.05, 4.69) is 20.3 Å². The smallest absolute Gasteiger partial charge is 0.251 e. The maximum atomic E-state index is 12.5. The quantitative estimate of drug-likeness (QED) is 0.0694. The van der Waals surface area contributed by atoms with E-state index in [4.69, 9.17) is 43.4 Å². The van der Waals surface area contributed by atoms with E-state index in [-0.39, 0.29) is 19.1 Å². The number of carbonyl (C=O) groups excluding carboxylic acids is 1. The molecule has 11 atom stereocenters. The van der Waals surface area contributed by atoms with Crippen LogP contribution >= 0.6 is 0 Å². The van der Waals surface area contributed by atoms with Crippen molar-refractivity contribution in [2.45, 2.75) is 74.6 Å². The molecule has 0 radical (unpaired) electrons. The first-order chi connectivity index (χ1) is 22.3. The summed E-state index contributed by atoms with van der Waals surface area (Å²) in [5.41, 5.74) is 9.18. The fraction of sp³-hybridized carbons (Fsp3) is 0.714. The average Bonchev–Trinajstić information content (AvgIpc) is 3.45. The first-order valence-corrected chi connectivity index (χ1v) is 14.9. The van der Waals surface area contributed by atoms with Gasteiger partial charge in [0.05, 0.1) is 39.6 Å². The minimum Gasteiger partial charge on any atom is -0.450 e. The van der Waals surface area contributed by atoms with Crippen LogP contribution in [0.2, 0.25) is 0 Å². The van der Waals surface area contributed by atoms with Crippen LogP contribution in [0.1, 0.15) is 29.1 Å². The van der Waals surface area contributed by atoms with Crippen molar-refractivity contribution in [3.63, 3.8) is 0 Å². The van der Waals surface area contributed by atoms with Crippen molar-refractivity contribution in [1.82, 2.24) is 5.32 Å². The van der Waals surface area contributed by atoms with Gasteiger partial charge in [-0.15, -0.1) is 0 Å². The number of carbonyl (C=O) groups is 1. The molecule has 18 heteroatoms. The largest absolute Gasteiger partial charge is 0.450 e. The summed E-state index contributed by atoms with van der Waals surface area (Å²) < 4.78 is 45.3. The van der Waals surface area contributed by atoms with E-state index in [1.807, 2.05) is 0 Å². The monoisotopic (exact) mass is 653 g/mol. The van der Waals surface area contributed by atoms with Crippen LogP contribution in [0.3, 0.4) is 0 Å². The number of azide groups is 1. The van der Waals surface area contributed by atoms with Crippen LogP contribution in [-0.4, -0.2) is 146 Å². The van der Waals surface area contributed by atoms with E-state index in [1.54, 1.807) is 31.2 Å². The van der Waals surface area contributed by atoms with E-state index in [0.717, 1.165) is 0 Å². The van der Waals surface area contributed by atoms with Crippen LogP contribution in [0.15, 0.2) is 34.4 Å². The summed E-state index contributed by atoms with van der Waals surface area (Å²) in [6, 6.07) is 5.74. The molecule has 5 N–H and O–H groups in total. The molecule has 46 heavy (non-hydrogen) atoms. The van der Waals surface area contributed by atoms with Crippen LogP contribution in [0, 0.1) is 0 Å². The van der Waals surface area contributed by atoms with Gasteiger partial charge in [0.15, 0.2) is 18.5 Å². The third kappa shape index (κ3) is 8.11. The Hall–Kier alpha value is -2.97. The summed E-state index contributed by atoms with van der Waals surface area (Å²) in [5, 5.41) is 48.7. The van der Waals surface area contributed by atoms with E-state index in [0.29, 0.717) is 50.0 Å². The van der Waals surface area contributed by atoms with Crippen LogP contribution < -0.4 is 5.32 Å². The number of aliphatic hydroxyl groups excluding tert-OH is 4. The van der Waals surface area contributed by atoms with Crippen LogP contribution in [0.25, 0.3) is 10.4 Å². The Morgan fingerprint density at radius 3 is 2.57 bits per heavy atom. The second-order valence-electron chi connectivity index (χ2n) is 10.9. The van der Waals surface area contributed by atoms with Gasteiger partial charge in [0, 0.05) is 36.1 Å². The molecule has 4 aliphatic heterocycles. The predicted octanol–water partition coefficient (Wildman–Crippen LogP) is -1.10. The molecule has 5 rings (SSSR count). The number of nitrogens with one attached hydrogen (secondary N) is 1. The summed E-state index contributed by atoms with van der Waals surface area (Å²) in [6.45, 7) is 2.92. The lowest BCUT2D eigenvalue weighted by Crippen LogP contribution is -2.65. The zero-order chi connectivity index (χ0) is 32.6. The topological polar surface area (TPSA) is 245 Å². The lowest BCUT2D eigenvalue weighted by molar-refractivity contribution is -0.378. The molecule has 18 nitrogen and oxygen atoms in total. The molecule has 5 unspecified atom stereocenters. The maximum absolute atomic E-state index is 12.5. The third-order valence-electron chi connectivity index (χ3n) is 7.81. The second-order valence-corrected chi connectivity index (χ2v) is 10.9. The summed E-state index contributed by atoms with van der Waals surface area (Å²) in [7, 11) is 0. The van der Waals surface area contributed by atoms with Gasteiger partial charge in [0.2, 0.25) is 6.29 Å². The van der Waals surface area contributed by atoms with Crippen molar-refractivity contribution in [3.05, 3.63) is 45.8 Å². The van der Waals surface area contributed by atoms with Crippen molar-refractivity contribution in [1.29, 1.82) is 0 Å². The predicted molar refractivity (Wildman–Crippen MR) is 153 cm³/mol. The van der Waals surface area contributed by atoms with E-state index in [1.165, 1.54) is 0 Å². The highest BCUT2D eigenvalue weighted by Gasteiger charge is 2.54. The standard InChI is InChI=1S/C28H39N5O13/c1-14-32-19-20(35)23(17(12-34)43-27(19)42-14)46-28-22(37)21(36)24-18(44-28)13-41-26(45-24)16-4-2-15(3-5-16)25(38)30-6-8-39-10-11-40-9-7-31-33-29/h2-5,17-24,26-28,34-37H,6-13H2,1H3,(H,30,38)/t17?,18?,19?,20-,21-,22?,23-,24+,26?,27+,28+/m1/s1. The normalized spacial score (nSPS) is 35.2. The first kappa shape index (κ1) is 34.4. The Kier molecular flexibility index (Phi) is 12.1. The van der Waals surface area contributed by atoms with Gasteiger partial charge in [-0.3, -0.25) is 4.79 Å². The SMILES string of the molecule is CC1=NC2[C@@H](O1)OC(CO)[C@@H](O[C@@H]1OC3COC(c4ccc(C(=O)NCCOCCOCCN=[N+]=[N-])cc4)O[C@@H]3[C@H](O)C1O)[C@@H]2O. The van der Waals surface area contributed by atoms with Gasteiger partial charge < -0.3 is 63.6 Å². The molecule has 0 aliphatic carbocycles. The Morgan fingerprint density at radius 1 is 1.07 bits per heavy atom. The highest BCUT2D eigenvalue weighted by atomic mass is 16.8. The zero-order valence-corrected chi connectivity index (χ0v) is 25.1. The number of fused-ring (bicyclic) bond motifs is 2. The number of hydrogen-bond donors (Lipinski definition) is 5. The van der Waals surface area contributed by atoms with Gasteiger partial charge in [0.25, 0.3) is 5.91 Å². The minimum absolute atomic E-state index is 0.0186. The number of ether oxygens (including phenoxy) is 8. The summed E-state index contributed by atoms with van der Waals surface area (Å²) in [4.78, 5) is 19.3. The number of amides is 1. The number of rotatable bonds is 14. The fourth-order valence-electron chi connectivity index (χ4n) is 5.48. The molecular weight excluding hydrogens is 614 g/mol. The number of hydrogen-bond acceptors (Lipinski definition) is 15. The molecule has 0 aromatic heterocycles. The Morgan fingerprint density at radius 2 is 1.83 bits per heavy atom. The minimum atomic E-state index is -1.57. The highest BCUT2D eigenvalue weighted by molar-refractivity contribution is 5.94. The van der Waals surface area contributed by atoms with Gasteiger partial charge in [-0.05, 0) is 17.7 Å². The molecule has 1 aromatic carbocycles. The number of benzene rings is 1. The molecule has 3 fully saturated rings. The number of aliphatic hydroxyl groups is 4. The summed E-state index contributed by atoms with van der Waals surface area (Å²) in [5.74, 6) is 0.0234. The van der Waals surface area contributed by atoms with Gasteiger partial charge in [-0.2, -0.15) is 0 Å². The zero-order valence-electron chi connectivity index (χ0n) is 25.1. The molecule has 0 saturated carbocycles. The Bertz CT molecular complexity index is 1230. The summed E-state index contributed by atoms with van der Waals surface area (Å²) >= 11 is 0. The maximum Gasteiger partial charge on any atom is 0.251 e. The van der Waals surface area contributed by atoms with Gasteiger partial charge in [0.1, 0.15) is 48.8 Å². The van der Waals surface area contributed by atoms with Crippen molar-refractivity contribution in [2.24, 2.45) is 10.1 Å². The molecule has 3 saturated heterocycles. The fourth-order valence-corrected chi connectivity index (χ4v) is 5.48. The van der Waals surface area contributed by atoms with E-state index in [9.17, 15) is 25.2 Å². The average molecular weight is 654 g/mol. The second kappa shape index (κ2) is 16.2. The van der Waals surface area contributed by atoms with E-state index >= 15 is 0 Å². The van der Waals surface area contributed by atoms with Gasteiger partial charge in [-0.1, -0.05) is 17.2 Å². The van der Waals surface area contributed by atoms with Crippen LogP contribution in [0.5, 0.6) is 0 Å². The molecule has 1 aromatic rings. The number of nitrogens with zero attached hydrogens (tertiary/aromatic N) is 4. The number of aliphatic imine (C=N–C) groups is 1. The van der Waals surface area contributed by atoms with Gasteiger partial charge in [-0.25, -0.2) is 4.99 Å². The molecule has 254 valence electrons. The Balaban J connectivity index is 1.08.